The van der Waals surface area contributed by atoms with E-state index in [1.165, 1.54) is 0 Å². The van der Waals surface area contributed by atoms with Crippen LogP contribution in [0.2, 0.25) is 0 Å². The van der Waals surface area contributed by atoms with Crippen LogP contribution in [0.3, 0.4) is 0 Å². The molecule has 0 unspecified atom stereocenters. The maximum atomic E-state index is 12.3. The van der Waals surface area contributed by atoms with E-state index in [9.17, 15) is 4.79 Å². The molecule has 2 aromatic rings. The Hall–Kier alpha value is -2.69. The van der Waals surface area contributed by atoms with E-state index in [2.05, 4.69) is 10.6 Å². The number of carbonyl (C=O) groups excluding carboxylic acids is 1. The van der Waals surface area contributed by atoms with Crippen LogP contribution < -0.4 is 21.1 Å². The van der Waals surface area contributed by atoms with Crippen molar-refractivity contribution in [2.24, 2.45) is 0 Å². The summed E-state index contributed by atoms with van der Waals surface area (Å²) in [6, 6.07) is 12.5. The minimum atomic E-state index is -0.199. The molecule has 0 saturated carbocycles. The number of hydrogen-bond acceptors (Lipinski definition) is 4. The predicted octanol–water partition coefficient (Wildman–Crippen LogP) is 2.33. The standard InChI is InChI=1S/C15H15N3O2/c16-10-4-6-11(7-5-10)18-15(19)12-2-1-3-13-14(12)20-9-8-17-13/h1-7,17H,8-9,16H2,(H,18,19). The first-order valence-electron chi connectivity index (χ1n) is 6.40. The number of nitrogen functional groups attached to an aromatic ring is 1. The molecule has 1 aliphatic rings. The molecule has 20 heavy (non-hydrogen) atoms. The average molecular weight is 269 g/mol. The van der Waals surface area contributed by atoms with Crippen LogP contribution >= 0.6 is 0 Å². The molecule has 5 nitrogen and oxygen atoms in total. The number of benzene rings is 2. The second kappa shape index (κ2) is 5.13. The van der Waals surface area contributed by atoms with Gasteiger partial charge >= 0.3 is 0 Å². The lowest BCUT2D eigenvalue weighted by Gasteiger charge is -2.21. The molecule has 2 aromatic carbocycles. The van der Waals surface area contributed by atoms with Gasteiger partial charge in [-0.3, -0.25) is 4.79 Å². The Kier molecular flexibility index (Phi) is 3.16. The molecule has 0 spiro atoms. The summed E-state index contributed by atoms with van der Waals surface area (Å²) in [5.41, 5.74) is 8.35. The van der Waals surface area contributed by atoms with Gasteiger partial charge in [0.25, 0.3) is 5.91 Å². The highest BCUT2D eigenvalue weighted by atomic mass is 16.5. The summed E-state index contributed by atoms with van der Waals surface area (Å²) in [4.78, 5) is 12.3. The number of para-hydroxylation sites is 1. The van der Waals surface area contributed by atoms with Crippen LogP contribution in [0.25, 0.3) is 0 Å². The van der Waals surface area contributed by atoms with Crippen molar-refractivity contribution < 1.29 is 9.53 Å². The molecule has 0 fully saturated rings. The van der Waals surface area contributed by atoms with Gasteiger partial charge in [-0.05, 0) is 36.4 Å². The van der Waals surface area contributed by atoms with Crippen LogP contribution in [0, 0.1) is 0 Å². The predicted molar refractivity (Wildman–Crippen MR) is 79.2 cm³/mol. The SMILES string of the molecule is Nc1ccc(NC(=O)c2cccc3c2OCCN3)cc1. The number of hydrogen-bond donors (Lipinski definition) is 3. The summed E-state index contributed by atoms with van der Waals surface area (Å²) < 4.78 is 5.59. The van der Waals surface area contributed by atoms with Gasteiger partial charge in [0, 0.05) is 17.9 Å². The Morgan fingerprint density at radius 2 is 2.00 bits per heavy atom. The number of nitrogens with one attached hydrogen (secondary N) is 2. The van der Waals surface area contributed by atoms with E-state index >= 15 is 0 Å². The van der Waals surface area contributed by atoms with Gasteiger partial charge in [0.1, 0.15) is 6.61 Å². The third kappa shape index (κ3) is 2.38. The zero-order valence-electron chi connectivity index (χ0n) is 10.8. The van der Waals surface area contributed by atoms with E-state index < -0.39 is 0 Å². The van der Waals surface area contributed by atoms with Crippen molar-refractivity contribution in [3.05, 3.63) is 48.0 Å². The van der Waals surface area contributed by atoms with E-state index in [-0.39, 0.29) is 5.91 Å². The van der Waals surface area contributed by atoms with Crippen LogP contribution in [0.4, 0.5) is 17.1 Å². The second-order valence-electron chi connectivity index (χ2n) is 4.53. The van der Waals surface area contributed by atoms with Crippen molar-refractivity contribution >= 4 is 23.0 Å². The number of fused-ring (bicyclic) bond motifs is 1. The minimum absolute atomic E-state index is 0.199. The normalized spacial score (nSPS) is 12.8. The minimum Gasteiger partial charge on any atom is -0.489 e. The number of ether oxygens (including phenoxy) is 1. The van der Waals surface area contributed by atoms with Crippen molar-refractivity contribution in [2.75, 3.05) is 29.5 Å². The molecule has 1 heterocycles. The molecule has 0 aromatic heterocycles. The molecule has 0 radical (unpaired) electrons. The quantitative estimate of drug-likeness (QED) is 0.731. The molecule has 1 aliphatic heterocycles. The van der Waals surface area contributed by atoms with Gasteiger partial charge < -0.3 is 21.1 Å². The van der Waals surface area contributed by atoms with Crippen LogP contribution in [0.5, 0.6) is 5.75 Å². The first kappa shape index (κ1) is 12.3. The zero-order chi connectivity index (χ0) is 13.9. The van der Waals surface area contributed by atoms with Crippen molar-refractivity contribution in [2.45, 2.75) is 0 Å². The van der Waals surface area contributed by atoms with Crippen LogP contribution in [0.1, 0.15) is 10.4 Å². The fraction of sp³-hybridized carbons (Fsp3) is 0.133. The fourth-order valence-corrected chi connectivity index (χ4v) is 2.11. The highest BCUT2D eigenvalue weighted by Crippen LogP contribution is 2.31. The molecular formula is C15H15N3O2. The summed E-state index contributed by atoms with van der Waals surface area (Å²) in [7, 11) is 0. The van der Waals surface area contributed by atoms with E-state index in [1.54, 1.807) is 30.3 Å². The third-order valence-corrected chi connectivity index (χ3v) is 3.09. The molecule has 4 N–H and O–H groups in total. The van der Waals surface area contributed by atoms with E-state index in [0.717, 1.165) is 12.2 Å². The lowest BCUT2D eigenvalue weighted by molar-refractivity contribution is 0.102. The van der Waals surface area contributed by atoms with Gasteiger partial charge in [-0.15, -0.1) is 0 Å². The smallest absolute Gasteiger partial charge is 0.259 e. The molecule has 0 aliphatic carbocycles. The molecule has 0 saturated heterocycles. The highest BCUT2D eigenvalue weighted by Gasteiger charge is 2.18. The lowest BCUT2D eigenvalue weighted by Crippen LogP contribution is -2.21. The molecular weight excluding hydrogens is 254 g/mol. The van der Waals surface area contributed by atoms with E-state index in [1.807, 2.05) is 12.1 Å². The van der Waals surface area contributed by atoms with Crippen molar-refractivity contribution in [3.8, 4) is 5.75 Å². The Morgan fingerprint density at radius 1 is 1.20 bits per heavy atom. The molecule has 5 heteroatoms. The number of amides is 1. The zero-order valence-corrected chi connectivity index (χ0v) is 10.8. The van der Waals surface area contributed by atoms with Crippen LogP contribution in [0.15, 0.2) is 42.5 Å². The molecule has 1 amide bonds. The Morgan fingerprint density at radius 3 is 2.80 bits per heavy atom. The van der Waals surface area contributed by atoms with Gasteiger partial charge in [-0.25, -0.2) is 0 Å². The van der Waals surface area contributed by atoms with Gasteiger partial charge in [0.15, 0.2) is 5.75 Å². The third-order valence-electron chi connectivity index (χ3n) is 3.09. The molecule has 0 bridgehead atoms. The number of nitrogens with two attached hydrogens (primary N) is 1. The van der Waals surface area contributed by atoms with Crippen LogP contribution in [-0.2, 0) is 0 Å². The van der Waals surface area contributed by atoms with Gasteiger partial charge in [-0.1, -0.05) is 6.07 Å². The maximum absolute atomic E-state index is 12.3. The summed E-state index contributed by atoms with van der Waals surface area (Å²) in [5, 5.41) is 6.04. The topological polar surface area (TPSA) is 76.4 Å². The maximum Gasteiger partial charge on any atom is 0.259 e. The van der Waals surface area contributed by atoms with Crippen molar-refractivity contribution in [3.63, 3.8) is 0 Å². The number of anilines is 3. The van der Waals surface area contributed by atoms with Crippen LogP contribution in [-0.4, -0.2) is 19.1 Å². The lowest BCUT2D eigenvalue weighted by atomic mass is 10.1. The highest BCUT2D eigenvalue weighted by molar-refractivity contribution is 6.07. The summed E-state index contributed by atoms with van der Waals surface area (Å²) in [6.07, 6.45) is 0. The Balaban J connectivity index is 1.85. The molecule has 0 atom stereocenters. The summed E-state index contributed by atoms with van der Waals surface area (Å²) in [6.45, 7) is 1.30. The summed E-state index contributed by atoms with van der Waals surface area (Å²) >= 11 is 0. The van der Waals surface area contributed by atoms with E-state index in [4.69, 9.17) is 10.5 Å². The van der Waals surface area contributed by atoms with Crippen molar-refractivity contribution in [1.29, 1.82) is 0 Å². The molecule has 3 rings (SSSR count). The van der Waals surface area contributed by atoms with Gasteiger partial charge in [0.05, 0.1) is 11.3 Å². The fourth-order valence-electron chi connectivity index (χ4n) is 2.11. The van der Waals surface area contributed by atoms with E-state index in [0.29, 0.717) is 29.3 Å². The average Bonchev–Trinajstić information content (AvgIpc) is 2.49. The number of rotatable bonds is 2. The van der Waals surface area contributed by atoms with Crippen molar-refractivity contribution in [1.82, 2.24) is 0 Å². The largest absolute Gasteiger partial charge is 0.489 e. The first-order chi connectivity index (χ1) is 9.74. The van der Waals surface area contributed by atoms with Gasteiger partial charge in [0.2, 0.25) is 0 Å². The first-order valence-corrected chi connectivity index (χ1v) is 6.40. The van der Waals surface area contributed by atoms with Gasteiger partial charge in [-0.2, -0.15) is 0 Å². The number of carbonyl (C=O) groups is 1. The Labute approximate surface area is 116 Å². The molecule has 102 valence electrons. The summed E-state index contributed by atoms with van der Waals surface area (Å²) in [5.74, 6) is 0.405. The second-order valence-corrected chi connectivity index (χ2v) is 4.53. The monoisotopic (exact) mass is 269 g/mol. The Bertz CT molecular complexity index is 638.